The summed E-state index contributed by atoms with van der Waals surface area (Å²) in [5, 5.41) is 0. The quantitative estimate of drug-likeness (QED) is 0.802. The van der Waals surface area contributed by atoms with Gasteiger partial charge in [0.05, 0.1) is 5.75 Å². The van der Waals surface area contributed by atoms with Crippen LogP contribution in [0.2, 0.25) is 0 Å². The van der Waals surface area contributed by atoms with Gasteiger partial charge >= 0.3 is 0 Å². The summed E-state index contributed by atoms with van der Waals surface area (Å²) in [5.41, 5.74) is 1.27. The number of ether oxygens (including phenoxy) is 1. The Labute approximate surface area is 163 Å². The van der Waals surface area contributed by atoms with Crippen molar-refractivity contribution < 1.29 is 17.9 Å². The molecule has 1 heterocycles. The number of hydrogen-bond donors (Lipinski definition) is 1. The van der Waals surface area contributed by atoms with Gasteiger partial charge in [-0.2, -0.15) is 0 Å². The average molecular weight is 397 g/mol. The molecule has 1 aromatic rings. The highest BCUT2D eigenvalue weighted by Gasteiger charge is 2.29. The number of rotatable bonds is 6. The van der Waals surface area contributed by atoms with Gasteiger partial charge in [-0.25, -0.2) is 13.1 Å². The van der Waals surface area contributed by atoms with Gasteiger partial charge in [0.25, 0.3) is 5.91 Å². The summed E-state index contributed by atoms with van der Waals surface area (Å²) in [5.74, 6) is 0.584. The Bertz CT molecular complexity index is 738. The number of hydrogen-bond acceptors (Lipinski definition) is 4. The maximum atomic E-state index is 12.7. The molecule has 0 bridgehead atoms. The number of piperidine rings is 1. The van der Waals surface area contributed by atoms with E-state index in [0.29, 0.717) is 18.8 Å². The monoisotopic (exact) mass is 396 g/mol. The molecule has 27 heavy (non-hydrogen) atoms. The van der Waals surface area contributed by atoms with Crippen LogP contribution in [0.25, 0.3) is 0 Å². The molecule has 0 aromatic heterocycles. The summed E-state index contributed by atoms with van der Waals surface area (Å²) in [6.45, 7) is 10.8. The first-order chi connectivity index (χ1) is 12.5. The van der Waals surface area contributed by atoms with Crippen LogP contribution in [-0.2, 0) is 20.2 Å². The molecule has 7 heteroatoms. The molecule has 1 amide bonds. The first kappa shape index (κ1) is 21.7. The van der Waals surface area contributed by atoms with Crippen LogP contribution in [0.15, 0.2) is 24.3 Å². The van der Waals surface area contributed by atoms with E-state index < -0.39 is 16.1 Å². The molecule has 6 nitrogen and oxygen atoms in total. The first-order valence-electron chi connectivity index (χ1n) is 9.58. The molecular weight excluding hydrogens is 364 g/mol. The van der Waals surface area contributed by atoms with Crippen molar-refractivity contribution in [3.05, 3.63) is 29.8 Å². The van der Waals surface area contributed by atoms with Gasteiger partial charge in [-0.1, -0.05) is 32.9 Å². The standard InChI is InChI=1S/C20H32N2O4S/c1-6-27(24,25)21-17-8-7-13-22(14-17)19(23)15(2)26-18-11-9-16(10-12-18)20(3,4)5/h9-12,15,17,21H,6-8,13-14H2,1-5H3/t15-,17+/m1/s1. The maximum Gasteiger partial charge on any atom is 0.263 e. The molecule has 2 rings (SSSR count). The number of sulfonamides is 1. The van der Waals surface area contributed by atoms with Gasteiger partial charge in [0.15, 0.2) is 6.10 Å². The number of nitrogens with one attached hydrogen (secondary N) is 1. The second kappa shape index (κ2) is 8.61. The molecule has 0 unspecified atom stereocenters. The minimum Gasteiger partial charge on any atom is -0.481 e. The average Bonchev–Trinajstić information content (AvgIpc) is 2.60. The lowest BCUT2D eigenvalue weighted by atomic mass is 9.87. The Balaban J connectivity index is 1.96. The second-order valence-electron chi connectivity index (χ2n) is 8.18. The lowest BCUT2D eigenvalue weighted by molar-refractivity contribution is -0.139. The highest BCUT2D eigenvalue weighted by Crippen LogP contribution is 2.25. The molecule has 0 saturated carbocycles. The predicted molar refractivity (Wildman–Crippen MR) is 107 cm³/mol. The van der Waals surface area contributed by atoms with Crippen molar-refractivity contribution in [2.45, 2.75) is 65.0 Å². The first-order valence-corrected chi connectivity index (χ1v) is 11.2. The van der Waals surface area contributed by atoms with Crippen LogP contribution in [0.4, 0.5) is 0 Å². The zero-order valence-corrected chi connectivity index (χ0v) is 17.8. The number of amides is 1. The van der Waals surface area contributed by atoms with Crippen LogP contribution < -0.4 is 9.46 Å². The van der Waals surface area contributed by atoms with Crippen LogP contribution in [0.1, 0.15) is 53.0 Å². The van der Waals surface area contributed by atoms with E-state index >= 15 is 0 Å². The van der Waals surface area contributed by atoms with E-state index in [4.69, 9.17) is 4.74 Å². The third kappa shape index (κ3) is 6.21. The number of likely N-dealkylation sites (tertiary alicyclic amines) is 1. The van der Waals surface area contributed by atoms with Gasteiger partial charge in [0, 0.05) is 19.1 Å². The van der Waals surface area contributed by atoms with Gasteiger partial charge in [-0.3, -0.25) is 4.79 Å². The van der Waals surface area contributed by atoms with Crippen molar-refractivity contribution in [1.29, 1.82) is 0 Å². The summed E-state index contributed by atoms with van der Waals surface area (Å²) in [6.07, 6.45) is 0.898. The fourth-order valence-electron chi connectivity index (χ4n) is 3.16. The van der Waals surface area contributed by atoms with Gasteiger partial charge < -0.3 is 9.64 Å². The second-order valence-corrected chi connectivity index (χ2v) is 10.2. The molecule has 1 aliphatic rings. The highest BCUT2D eigenvalue weighted by molar-refractivity contribution is 7.89. The smallest absolute Gasteiger partial charge is 0.263 e. The zero-order chi connectivity index (χ0) is 20.2. The molecule has 1 saturated heterocycles. The molecular formula is C20H32N2O4S. The van der Waals surface area contributed by atoms with E-state index in [1.807, 2.05) is 24.3 Å². The Morgan fingerprint density at radius 3 is 2.48 bits per heavy atom. The largest absolute Gasteiger partial charge is 0.481 e. The Kier molecular flexibility index (Phi) is 6.92. The van der Waals surface area contributed by atoms with Gasteiger partial charge in [-0.05, 0) is 49.8 Å². The summed E-state index contributed by atoms with van der Waals surface area (Å²) >= 11 is 0. The molecule has 1 aliphatic heterocycles. The Morgan fingerprint density at radius 1 is 1.30 bits per heavy atom. The van der Waals surface area contributed by atoms with E-state index in [0.717, 1.165) is 12.8 Å². The predicted octanol–water partition coefficient (Wildman–Crippen LogP) is 2.68. The molecule has 1 fully saturated rings. The van der Waals surface area contributed by atoms with E-state index in [1.54, 1.807) is 18.7 Å². The van der Waals surface area contributed by atoms with Gasteiger partial charge in [-0.15, -0.1) is 0 Å². The fraction of sp³-hybridized carbons (Fsp3) is 0.650. The fourth-order valence-corrected chi connectivity index (χ4v) is 4.02. The van der Waals surface area contributed by atoms with Crippen molar-refractivity contribution in [2.24, 2.45) is 0 Å². The van der Waals surface area contributed by atoms with Crippen LogP contribution in [0, 0.1) is 0 Å². The van der Waals surface area contributed by atoms with E-state index in [1.165, 1.54) is 5.56 Å². The number of carbonyl (C=O) groups excluding carboxylic acids is 1. The summed E-state index contributed by atoms with van der Waals surface area (Å²) in [7, 11) is -3.27. The van der Waals surface area contributed by atoms with Crippen LogP contribution in [0.5, 0.6) is 5.75 Å². The lowest BCUT2D eigenvalue weighted by Crippen LogP contribution is -2.52. The van der Waals surface area contributed by atoms with Gasteiger partial charge in [0.2, 0.25) is 10.0 Å². The molecule has 0 spiro atoms. The van der Waals surface area contributed by atoms with E-state index in [9.17, 15) is 13.2 Å². The molecule has 2 atom stereocenters. The van der Waals surface area contributed by atoms with E-state index in [-0.39, 0.29) is 23.1 Å². The van der Waals surface area contributed by atoms with Crippen molar-refractivity contribution in [3.63, 3.8) is 0 Å². The number of benzene rings is 1. The molecule has 0 radical (unpaired) electrons. The number of nitrogens with zero attached hydrogens (tertiary/aromatic N) is 1. The molecule has 1 aromatic carbocycles. The van der Waals surface area contributed by atoms with Crippen molar-refractivity contribution in [3.8, 4) is 5.75 Å². The van der Waals surface area contributed by atoms with Crippen molar-refractivity contribution >= 4 is 15.9 Å². The Hall–Kier alpha value is -1.60. The van der Waals surface area contributed by atoms with Crippen LogP contribution >= 0.6 is 0 Å². The molecule has 152 valence electrons. The zero-order valence-electron chi connectivity index (χ0n) is 17.0. The van der Waals surface area contributed by atoms with Crippen LogP contribution in [-0.4, -0.2) is 50.2 Å². The summed E-state index contributed by atoms with van der Waals surface area (Å²) in [6, 6.07) is 7.58. The summed E-state index contributed by atoms with van der Waals surface area (Å²) < 4.78 is 32.1. The third-order valence-corrected chi connectivity index (χ3v) is 6.29. The maximum absolute atomic E-state index is 12.7. The topological polar surface area (TPSA) is 75.7 Å². The normalized spacial score (nSPS) is 19.6. The highest BCUT2D eigenvalue weighted by atomic mass is 32.2. The molecule has 0 aliphatic carbocycles. The molecule has 1 N–H and O–H groups in total. The summed E-state index contributed by atoms with van der Waals surface area (Å²) in [4.78, 5) is 14.4. The Morgan fingerprint density at radius 2 is 1.93 bits per heavy atom. The minimum atomic E-state index is -3.27. The van der Waals surface area contributed by atoms with Crippen molar-refractivity contribution in [1.82, 2.24) is 9.62 Å². The van der Waals surface area contributed by atoms with Gasteiger partial charge in [0.1, 0.15) is 5.75 Å². The lowest BCUT2D eigenvalue weighted by Gasteiger charge is -2.34. The van der Waals surface area contributed by atoms with E-state index in [2.05, 4.69) is 25.5 Å². The van der Waals surface area contributed by atoms with Crippen LogP contribution in [0.3, 0.4) is 0 Å². The van der Waals surface area contributed by atoms with Crippen molar-refractivity contribution in [2.75, 3.05) is 18.8 Å². The SMILES string of the molecule is CCS(=O)(=O)N[C@H]1CCCN(C(=O)[C@@H](C)Oc2ccc(C(C)(C)C)cc2)C1. The number of carbonyl (C=O) groups is 1. The third-order valence-electron chi connectivity index (χ3n) is 4.84. The minimum absolute atomic E-state index is 0.0432.